The van der Waals surface area contributed by atoms with Crippen LogP contribution < -0.4 is 5.32 Å². The van der Waals surface area contributed by atoms with E-state index in [1.54, 1.807) is 0 Å². The van der Waals surface area contributed by atoms with Crippen LogP contribution in [-0.2, 0) is 9.22 Å². The maximum Gasteiger partial charge on any atom is 0.309 e. The van der Waals surface area contributed by atoms with Gasteiger partial charge in [-0.3, -0.25) is 4.79 Å². The molecule has 0 radical (unpaired) electrons. The van der Waals surface area contributed by atoms with Crippen molar-refractivity contribution in [2.24, 2.45) is 5.92 Å². The molecule has 3 nitrogen and oxygen atoms in total. The van der Waals surface area contributed by atoms with Crippen LogP contribution in [0, 0.1) is 5.92 Å². The second-order valence-electron chi connectivity index (χ2n) is 6.14. The Hall–Kier alpha value is -0.353. The second-order valence-corrected chi connectivity index (χ2v) is 10.6. The van der Waals surface area contributed by atoms with Crippen LogP contribution in [0.2, 0.25) is 19.6 Å². The lowest BCUT2D eigenvalue weighted by molar-refractivity contribution is -0.137. The molecule has 2 fully saturated rings. The summed E-state index contributed by atoms with van der Waals surface area (Å²) in [6.45, 7) is 6.19. The van der Waals surface area contributed by atoms with E-state index in [0.29, 0.717) is 12.0 Å². The highest BCUT2D eigenvalue weighted by Crippen LogP contribution is 2.33. The van der Waals surface area contributed by atoms with Gasteiger partial charge in [-0.1, -0.05) is 12.8 Å². The average molecular weight is 241 g/mol. The lowest BCUT2D eigenvalue weighted by Crippen LogP contribution is -2.42. The summed E-state index contributed by atoms with van der Waals surface area (Å²) in [5.41, 5.74) is 0. The smallest absolute Gasteiger partial charge is 0.309 e. The van der Waals surface area contributed by atoms with Crippen molar-refractivity contribution in [2.45, 2.75) is 63.8 Å². The van der Waals surface area contributed by atoms with Crippen LogP contribution in [0.5, 0.6) is 0 Å². The first-order valence-electron chi connectivity index (χ1n) is 6.44. The van der Waals surface area contributed by atoms with E-state index >= 15 is 0 Å². The van der Waals surface area contributed by atoms with Crippen LogP contribution >= 0.6 is 0 Å². The molecule has 4 heteroatoms. The minimum Gasteiger partial charge on any atom is -0.519 e. The molecule has 1 heterocycles. The SMILES string of the molecule is C[Si](C)(C)OC(=O)C1CC2CCCCC2N1. The predicted octanol–water partition coefficient (Wildman–Crippen LogP) is 2.29. The van der Waals surface area contributed by atoms with E-state index in [-0.39, 0.29) is 12.0 Å². The zero-order valence-corrected chi connectivity index (χ0v) is 11.6. The molecule has 16 heavy (non-hydrogen) atoms. The highest BCUT2D eigenvalue weighted by molar-refractivity contribution is 6.71. The van der Waals surface area contributed by atoms with E-state index in [1.165, 1.54) is 25.7 Å². The first kappa shape index (κ1) is 12.1. The Bertz CT molecular complexity index is 261. The fraction of sp³-hybridized carbons (Fsp3) is 0.917. The molecule has 0 aromatic heterocycles. The van der Waals surface area contributed by atoms with Crippen LogP contribution in [0.15, 0.2) is 0 Å². The van der Waals surface area contributed by atoms with Gasteiger partial charge >= 0.3 is 5.97 Å². The van der Waals surface area contributed by atoms with E-state index in [0.717, 1.165) is 6.42 Å². The summed E-state index contributed by atoms with van der Waals surface area (Å²) in [4.78, 5) is 12.0. The van der Waals surface area contributed by atoms with Crippen molar-refractivity contribution in [1.82, 2.24) is 5.32 Å². The van der Waals surface area contributed by atoms with Crippen LogP contribution in [-0.4, -0.2) is 26.4 Å². The summed E-state index contributed by atoms with van der Waals surface area (Å²) < 4.78 is 5.57. The summed E-state index contributed by atoms with van der Waals surface area (Å²) in [6.07, 6.45) is 6.16. The number of hydrogen-bond donors (Lipinski definition) is 1. The van der Waals surface area contributed by atoms with E-state index in [4.69, 9.17) is 4.43 Å². The monoisotopic (exact) mass is 241 g/mol. The molecule has 0 spiro atoms. The third-order valence-electron chi connectivity index (χ3n) is 3.55. The van der Waals surface area contributed by atoms with Crippen molar-refractivity contribution < 1.29 is 9.22 Å². The maximum absolute atomic E-state index is 12.0. The van der Waals surface area contributed by atoms with Crippen molar-refractivity contribution in [3.05, 3.63) is 0 Å². The van der Waals surface area contributed by atoms with Crippen molar-refractivity contribution >= 4 is 14.3 Å². The number of carbonyl (C=O) groups is 1. The van der Waals surface area contributed by atoms with Crippen LogP contribution in [0.3, 0.4) is 0 Å². The topological polar surface area (TPSA) is 38.3 Å². The van der Waals surface area contributed by atoms with Gasteiger partial charge in [-0.15, -0.1) is 0 Å². The number of carbonyl (C=O) groups excluding carboxylic acids is 1. The fourth-order valence-electron chi connectivity index (χ4n) is 2.88. The molecule has 3 atom stereocenters. The average Bonchev–Trinajstić information content (AvgIpc) is 2.58. The molecule has 1 saturated carbocycles. The standard InChI is InChI=1S/C12H23NO2Si/c1-16(2,3)15-12(14)11-8-9-6-4-5-7-10(9)13-11/h9-11,13H,4-8H2,1-3H3. The van der Waals surface area contributed by atoms with Gasteiger partial charge in [0.1, 0.15) is 6.04 Å². The van der Waals surface area contributed by atoms with Gasteiger partial charge in [-0.25, -0.2) is 0 Å². The second kappa shape index (κ2) is 4.49. The van der Waals surface area contributed by atoms with Gasteiger partial charge in [-0.05, 0) is 44.8 Å². The van der Waals surface area contributed by atoms with E-state index in [1.807, 2.05) is 0 Å². The Labute approximate surface area is 99.1 Å². The summed E-state index contributed by atoms with van der Waals surface area (Å²) >= 11 is 0. The highest BCUT2D eigenvalue weighted by Gasteiger charge is 2.39. The largest absolute Gasteiger partial charge is 0.519 e. The summed E-state index contributed by atoms with van der Waals surface area (Å²) in [5, 5.41) is 3.46. The van der Waals surface area contributed by atoms with Gasteiger partial charge in [-0.2, -0.15) is 0 Å². The summed E-state index contributed by atoms with van der Waals surface area (Å²) in [6, 6.07) is 0.549. The molecular weight excluding hydrogens is 218 g/mol. The molecular formula is C12H23NO2Si. The number of fused-ring (bicyclic) bond motifs is 1. The molecule has 1 saturated heterocycles. The molecule has 1 aliphatic carbocycles. The zero-order valence-electron chi connectivity index (χ0n) is 10.6. The first-order chi connectivity index (χ1) is 7.46. The van der Waals surface area contributed by atoms with E-state index < -0.39 is 8.32 Å². The van der Waals surface area contributed by atoms with Crippen molar-refractivity contribution in [2.75, 3.05) is 0 Å². The first-order valence-corrected chi connectivity index (χ1v) is 9.85. The normalized spacial score (nSPS) is 34.6. The number of nitrogens with one attached hydrogen (secondary N) is 1. The van der Waals surface area contributed by atoms with E-state index in [9.17, 15) is 4.79 Å². The highest BCUT2D eigenvalue weighted by atomic mass is 28.4. The predicted molar refractivity (Wildman–Crippen MR) is 66.7 cm³/mol. The molecule has 2 rings (SSSR count). The molecule has 0 aromatic rings. The third kappa shape index (κ3) is 2.86. The molecule has 1 aliphatic heterocycles. The van der Waals surface area contributed by atoms with Gasteiger partial charge < -0.3 is 9.74 Å². The lowest BCUT2D eigenvalue weighted by atomic mass is 9.85. The fourth-order valence-corrected chi connectivity index (χ4v) is 3.62. The minimum absolute atomic E-state index is 0.00596. The summed E-state index contributed by atoms with van der Waals surface area (Å²) in [5.74, 6) is 0.710. The summed E-state index contributed by atoms with van der Waals surface area (Å²) in [7, 11) is -1.73. The van der Waals surface area contributed by atoms with Crippen molar-refractivity contribution in [1.29, 1.82) is 0 Å². The Morgan fingerprint density at radius 1 is 1.25 bits per heavy atom. The Morgan fingerprint density at radius 2 is 1.94 bits per heavy atom. The van der Waals surface area contributed by atoms with Crippen LogP contribution in [0.4, 0.5) is 0 Å². The van der Waals surface area contributed by atoms with Gasteiger partial charge in [0.2, 0.25) is 8.32 Å². The molecule has 0 aromatic carbocycles. The van der Waals surface area contributed by atoms with Gasteiger partial charge in [0.15, 0.2) is 0 Å². The molecule has 0 bridgehead atoms. The molecule has 3 unspecified atom stereocenters. The third-order valence-corrected chi connectivity index (χ3v) is 4.37. The van der Waals surface area contributed by atoms with Crippen LogP contribution in [0.25, 0.3) is 0 Å². The molecule has 92 valence electrons. The van der Waals surface area contributed by atoms with E-state index in [2.05, 4.69) is 25.0 Å². The van der Waals surface area contributed by atoms with Gasteiger partial charge in [0, 0.05) is 6.04 Å². The molecule has 1 N–H and O–H groups in total. The molecule has 0 amide bonds. The number of hydrogen-bond acceptors (Lipinski definition) is 3. The quantitative estimate of drug-likeness (QED) is 0.754. The Balaban J connectivity index is 1.90. The Kier molecular flexibility index (Phi) is 3.40. The Morgan fingerprint density at radius 3 is 2.56 bits per heavy atom. The van der Waals surface area contributed by atoms with Crippen LogP contribution in [0.1, 0.15) is 32.1 Å². The van der Waals surface area contributed by atoms with Crippen molar-refractivity contribution in [3.63, 3.8) is 0 Å². The van der Waals surface area contributed by atoms with Gasteiger partial charge in [0.05, 0.1) is 0 Å². The lowest BCUT2D eigenvalue weighted by Gasteiger charge is -2.24. The zero-order chi connectivity index (χ0) is 11.8. The molecule has 2 aliphatic rings. The number of rotatable bonds is 2. The minimum atomic E-state index is -1.73. The van der Waals surface area contributed by atoms with Crippen molar-refractivity contribution in [3.8, 4) is 0 Å². The maximum atomic E-state index is 12.0. The van der Waals surface area contributed by atoms with Gasteiger partial charge in [0.25, 0.3) is 0 Å².